The van der Waals surface area contributed by atoms with E-state index in [0.717, 1.165) is 37.0 Å². The van der Waals surface area contributed by atoms with E-state index >= 15 is 0 Å². The Hall–Kier alpha value is -4.31. The van der Waals surface area contributed by atoms with Gasteiger partial charge in [-0.25, -0.2) is 9.97 Å². The lowest BCUT2D eigenvalue weighted by atomic mass is 10.1. The second-order valence-corrected chi connectivity index (χ2v) is 8.71. The van der Waals surface area contributed by atoms with Gasteiger partial charge in [-0.15, -0.1) is 0 Å². The Morgan fingerprint density at radius 1 is 1.06 bits per heavy atom. The van der Waals surface area contributed by atoms with Crippen LogP contribution < -0.4 is 10.9 Å². The van der Waals surface area contributed by atoms with E-state index in [1.165, 1.54) is 6.07 Å². The molecule has 6 rings (SSSR count). The summed E-state index contributed by atoms with van der Waals surface area (Å²) in [6, 6.07) is 16.6. The fourth-order valence-electron chi connectivity index (χ4n) is 4.78. The molecule has 3 aromatic heterocycles. The molecule has 1 fully saturated rings. The molecule has 10 nitrogen and oxygen atoms in total. The maximum atomic E-state index is 12.8. The molecule has 0 aliphatic carbocycles. The van der Waals surface area contributed by atoms with Gasteiger partial charge in [0.05, 0.1) is 28.1 Å². The van der Waals surface area contributed by atoms with E-state index in [4.69, 9.17) is 14.4 Å². The zero-order chi connectivity index (χ0) is 23.9. The smallest absolute Gasteiger partial charge is 0.397 e. The molecule has 0 spiro atoms. The van der Waals surface area contributed by atoms with Gasteiger partial charge in [0.2, 0.25) is 0 Å². The largest absolute Gasteiger partial charge is 0.433 e. The molecule has 0 bridgehead atoms. The van der Waals surface area contributed by atoms with Crippen molar-refractivity contribution in [2.75, 3.05) is 13.1 Å². The Bertz CT molecular complexity index is 1610. The Morgan fingerprint density at radius 3 is 2.60 bits per heavy atom. The highest BCUT2D eigenvalue weighted by molar-refractivity contribution is 5.93. The summed E-state index contributed by atoms with van der Waals surface area (Å²) in [7, 11) is 0. The Morgan fingerprint density at radius 2 is 1.86 bits per heavy atom. The van der Waals surface area contributed by atoms with E-state index in [2.05, 4.69) is 14.9 Å². The average molecular weight is 470 g/mol. The third kappa shape index (κ3) is 3.87. The minimum absolute atomic E-state index is 0.143. The number of benzene rings is 2. The third-order valence-electron chi connectivity index (χ3n) is 6.45. The average Bonchev–Trinajstić information content (AvgIpc) is 3.50. The summed E-state index contributed by atoms with van der Waals surface area (Å²) in [5.74, 6) is 0.537. The van der Waals surface area contributed by atoms with Crippen molar-refractivity contribution >= 4 is 28.0 Å². The van der Waals surface area contributed by atoms with E-state index in [1.54, 1.807) is 6.07 Å². The number of imidazole rings is 1. The van der Waals surface area contributed by atoms with Crippen LogP contribution in [0.2, 0.25) is 0 Å². The van der Waals surface area contributed by atoms with Gasteiger partial charge in [0, 0.05) is 12.5 Å². The number of aromatic amines is 1. The van der Waals surface area contributed by atoms with Crippen molar-refractivity contribution in [3.8, 4) is 11.6 Å². The highest BCUT2D eigenvalue weighted by Gasteiger charge is 2.26. The Balaban J connectivity index is 1.53. The molecule has 0 radical (unpaired) electrons. The second kappa shape index (κ2) is 8.48. The third-order valence-corrected chi connectivity index (χ3v) is 6.45. The van der Waals surface area contributed by atoms with Gasteiger partial charge in [-0.3, -0.25) is 14.9 Å². The molecule has 0 saturated carbocycles. The molecule has 4 heterocycles. The maximum absolute atomic E-state index is 12.8. The summed E-state index contributed by atoms with van der Waals surface area (Å²) in [6.45, 7) is 1.73. The second-order valence-electron chi connectivity index (χ2n) is 8.71. The SMILES string of the molecule is O=c1[nH]c2cc3nc(-c4ccc([N+](=O)[O-])o4)n(C4CCNCC4)c3cc2nc1Cc1ccccc1. The Kier molecular flexibility index (Phi) is 5.14. The van der Waals surface area contributed by atoms with Crippen molar-refractivity contribution in [3.05, 3.63) is 86.3 Å². The number of nitrogens with one attached hydrogen (secondary N) is 2. The predicted octanol–water partition coefficient (Wildman–Crippen LogP) is 3.96. The monoisotopic (exact) mass is 470 g/mol. The zero-order valence-corrected chi connectivity index (χ0v) is 18.7. The number of hydrogen-bond donors (Lipinski definition) is 2. The molecule has 2 aromatic carbocycles. The van der Waals surface area contributed by atoms with Gasteiger partial charge in [0.25, 0.3) is 5.56 Å². The molecule has 1 aliphatic heterocycles. The van der Waals surface area contributed by atoms with Crippen LogP contribution in [0.15, 0.2) is 63.8 Å². The van der Waals surface area contributed by atoms with Crippen molar-refractivity contribution in [2.24, 2.45) is 0 Å². The first-order valence-electron chi connectivity index (χ1n) is 11.5. The van der Waals surface area contributed by atoms with E-state index in [1.807, 2.05) is 42.5 Å². The molecule has 1 aliphatic rings. The lowest BCUT2D eigenvalue weighted by molar-refractivity contribution is -0.401. The maximum Gasteiger partial charge on any atom is 0.433 e. The molecule has 0 amide bonds. The number of rotatable bonds is 5. The number of hydrogen-bond acceptors (Lipinski definition) is 7. The van der Waals surface area contributed by atoms with Crippen LogP contribution in [0.4, 0.5) is 5.88 Å². The van der Waals surface area contributed by atoms with Gasteiger partial charge in [-0.1, -0.05) is 30.3 Å². The molecule has 5 aromatic rings. The van der Waals surface area contributed by atoms with Crippen LogP contribution >= 0.6 is 0 Å². The van der Waals surface area contributed by atoms with Crippen molar-refractivity contribution in [3.63, 3.8) is 0 Å². The number of nitrogens with zero attached hydrogens (tertiary/aromatic N) is 4. The lowest BCUT2D eigenvalue weighted by Crippen LogP contribution is -2.29. The number of furan rings is 1. The number of fused-ring (bicyclic) bond motifs is 2. The van der Waals surface area contributed by atoms with E-state index in [0.29, 0.717) is 40.2 Å². The van der Waals surface area contributed by atoms with Crippen molar-refractivity contribution in [2.45, 2.75) is 25.3 Å². The molecule has 0 unspecified atom stereocenters. The van der Waals surface area contributed by atoms with Gasteiger partial charge in [-0.2, -0.15) is 0 Å². The Labute approximate surface area is 198 Å². The fourth-order valence-corrected chi connectivity index (χ4v) is 4.78. The van der Waals surface area contributed by atoms with Crippen LogP contribution in [0.25, 0.3) is 33.7 Å². The number of aromatic nitrogens is 4. The van der Waals surface area contributed by atoms with Crippen LogP contribution in [0.3, 0.4) is 0 Å². The van der Waals surface area contributed by atoms with Gasteiger partial charge in [-0.05, 0) is 49.7 Å². The van der Waals surface area contributed by atoms with Crippen LogP contribution in [0.1, 0.15) is 30.1 Å². The predicted molar refractivity (Wildman–Crippen MR) is 130 cm³/mol. The summed E-state index contributed by atoms with van der Waals surface area (Å²) in [6.07, 6.45) is 2.20. The minimum Gasteiger partial charge on any atom is -0.397 e. The molecule has 35 heavy (non-hydrogen) atoms. The molecule has 1 saturated heterocycles. The van der Waals surface area contributed by atoms with Gasteiger partial charge in [0.15, 0.2) is 11.6 Å². The molecule has 10 heteroatoms. The number of nitro groups is 1. The standard InChI is InChI=1S/C25H22N6O4/c32-25-20(12-15-4-2-1-3-5-15)27-18-14-21-19(13-17(18)29-25)28-24(22-6-7-23(35-22)31(33)34)30(21)16-8-10-26-11-9-16/h1-7,13-14,16,26H,8-12H2,(H,29,32). The molecule has 176 valence electrons. The van der Waals surface area contributed by atoms with E-state index < -0.39 is 4.92 Å². The quantitative estimate of drug-likeness (QED) is 0.293. The number of H-pyrrole nitrogens is 1. The first kappa shape index (κ1) is 21.2. The zero-order valence-electron chi connectivity index (χ0n) is 18.7. The summed E-state index contributed by atoms with van der Waals surface area (Å²) < 4.78 is 7.62. The van der Waals surface area contributed by atoms with Crippen molar-refractivity contribution in [1.82, 2.24) is 24.8 Å². The van der Waals surface area contributed by atoms with Crippen LogP contribution in [-0.2, 0) is 6.42 Å². The summed E-state index contributed by atoms with van der Waals surface area (Å²) >= 11 is 0. The molecular formula is C25H22N6O4. The summed E-state index contributed by atoms with van der Waals surface area (Å²) in [4.78, 5) is 35.8. The molecule has 0 atom stereocenters. The topological polar surface area (TPSA) is 132 Å². The minimum atomic E-state index is -0.557. The van der Waals surface area contributed by atoms with Gasteiger partial charge < -0.3 is 19.3 Å². The molecular weight excluding hydrogens is 448 g/mol. The first-order valence-corrected chi connectivity index (χ1v) is 11.5. The van der Waals surface area contributed by atoms with Crippen molar-refractivity contribution < 1.29 is 9.34 Å². The fraction of sp³-hybridized carbons (Fsp3) is 0.240. The highest BCUT2D eigenvalue weighted by atomic mass is 16.6. The van der Waals surface area contributed by atoms with Crippen LogP contribution in [-0.4, -0.2) is 37.5 Å². The van der Waals surface area contributed by atoms with E-state index in [9.17, 15) is 14.9 Å². The number of piperidine rings is 1. The van der Waals surface area contributed by atoms with Crippen LogP contribution in [0, 0.1) is 10.1 Å². The van der Waals surface area contributed by atoms with Crippen molar-refractivity contribution in [1.29, 1.82) is 0 Å². The molecule has 2 N–H and O–H groups in total. The lowest BCUT2D eigenvalue weighted by Gasteiger charge is -2.26. The normalized spacial score (nSPS) is 14.6. The summed E-state index contributed by atoms with van der Waals surface area (Å²) in [5.41, 5.74) is 3.98. The van der Waals surface area contributed by atoms with E-state index in [-0.39, 0.29) is 17.5 Å². The van der Waals surface area contributed by atoms with Gasteiger partial charge in [0.1, 0.15) is 10.6 Å². The van der Waals surface area contributed by atoms with Gasteiger partial charge >= 0.3 is 5.88 Å². The first-order chi connectivity index (χ1) is 17.1. The summed E-state index contributed by atoms with van der Waals surface area (Å²) in [5, 5.41) is 14.6. The highest BCUT2D eigenvalue weighted by Crippen LogP contribution is 2.35. The van der Waals surface area contributed by atoms with Crippen LogP contribution in [0.5, 0.6) is 0 Å².